The summed E-state index contributed by atoms with van der Waals surface area (Å²) in [6.45, 7) is 2.45. The van der Waals surface area contributed by atoms with E-state index in [0.29, 0.717) is 19.4 Å². The van der Waals surface area contributed by atoms with Crippen LogP contribution in [-0.2, 0) is 0 Å². The number of para-hydroxylation sites is 1. The van der Waals surface area contributed by atoms with Crippen LogP contribution < -0.4 is 5.32 Å². The van der Waals surface area contributed by atoms with Crippen LogP contribution in [0.3, 0.4) is 0 Å². The van der Waals surface area contributed by atoms with Crippen molar-refractivity contribution >= 4 is 5.91 Å². The topological polar surface area (TPSA) is 84.5 Å². The Bertz CT molecular complexity index is 810. The van der Waals surface area contributed by atoms with Gasteiger partial charge in [-0.25, -0.2) is 4.68 Å². The van der Waals surface area contributed by atoms with Gasteiger partial charge in [0.25, 0.3) is 5.91 Å². The lowest BCUT2D eigenvalue weighted by Crippen LogP contribution is -2.28. The van der Waals surface area contributed by atoms with E-state index in [4.69, 9.17) is 6.42 Å². The fraction of sp³-hybridized carbons (Fsp3) is 0.353. The highest BCUT2D eigenvalue weighted by Gasteiger charge is 2.38. The van der Waals surface area contributed by atoms with Crippen molar-refractivity contribution in [2.45, 2.75) is 31.8 Å². The molecule has 1 aliphatic heterocycles. The van der Waals surface area contributed by atoms with Crippen LogP contribution in [0.1, 0.15) is 35.3 Å². The number of benzene rings is 1. The Morgan fingerprint density at radius 3 is 2.83 bits per heavy atom. The van der Waals surface area contributed by atoms with Gasteiger partial charge < -0.3 is 5.32 Å². The molecule has 0 saturated heterocycles. The Morgan fingerprint density at radius 2 is 2.12 bits per heavy atom. The number of hydrogen-bond acceptors (Lipinski definition) is 5. The minimum Gasteiger partial charge on any atom is -0.350 e. The molecule has 1 amide bonds. The summed E-state index contributed by atoms with van der Waals surface area (Å²) in [5.41, 5.74) is 1.84. The van der Waals surface area contributed by atoms with Crippen LogP contribution in [0.4, 0.5) is 0 Å². The lowest BCUT2D eigenvalue weighted by molar-refractivity contribution is 0.0947. The number of hydrogen-bond donors (Lipinski definition) is 1. The van der Waals surface area contributed by atoms with Crippen molar-refractivity contribution in [3.8, 4) is 18.0 Å². The van der Waals surface area contributed by atoms with E-state index in [1.54, 1.807) is 10.9 Å². The highest BCUT2D eigenvalue weighted by atomic mass is 16.2. The zero-order valence-corrected chi connectivity index (χ0v) is 13.4. The van der Waals surface area contributed by atoms with Crippen molar-refractivity contribution in [3.05, 3.63) is 41.7 Å². The first-order valence-electron chi connectivity index (χ1n) is 7.78. The van der Waals surface area contributed by atoms with E-state index >= 15 is 0 Å². The van der Waals surface area contributed by atoms with Gasteiger partial charge in [-0.05, 0) is 18.6 Å². The Balaban J connectivity index is 1.55. The third-order valence-electron chi connectivity index (χ3n) is 3.95. The molecule has 0 aliphatic carbocycles. The molecule has 7 nitrogen and oxygen atoms in total. The van der Waals surface area contributed by atoms with Gasteiger partial charge in [0.05, 0.1) is 11.9 Å². The smallest absolute Gasteiger partial charge is 0.273 e. The number of rotatable bonds is 7. The molecule has 1 N–H and O–H groups in total. The summed E-state index contributed by atoms with van der Waals surface area (Å²) in [4.78, 5) is 12.2. The number of aryl methyl sites for hydroxylation is 1. The van der Waals surface area contributed by atoms with Crippen LogP contribution in [0, 0.1) is 19.3 Å². The zero-order chi connectivity index (χ0) is 17.0. The average molecular weight is 322 g/mol. The highest BCUT2D eigenvalue weighted by molar-refractivity contribution is 5.91. The van der Waals surface area contributed by atoms with Gasteiger partial charge in [-0.1, -0.05) is 23.4 Å². The number of nitrogens with one attached hydrogen (secondary N) is 1. The largest absolute Gasteiger partial charge is 0.350 e. The summed E-state index contributed by atoms with van der Waals surface area (Å²) < 4.78 is 1.60. The summed E-state index contributed by atoms with van der Waals surface area (Å²) in [5.74, 6) is 2.32. The van der Waals surface area contributed by atoms with Crippen LogP contribution in [0.25, 0.3) is 5.69 Å². The van der Waals surface area contributed by atoms with Crippen LogP contribution in [0.2, 0.25) is 0 Å². The second-order valence-corrected chi connectivity index (χ2v) is 5.73. The summed E-state index contributed by atoms with van der Waals surface area (Å²) in [7, 11) is 0. The molecule has 0 saturated carbocycles. The molecule has 3 rings (SSSR count). The molecule has 0 radical (unpaired) electrons. The molecule has 0 fully saturated rings. The number of amides is 1. The molecule has 1 aromatic carbocycles. The number of carbonyl (C=O) groups excluding carboxylic acids is 1. The number of aromatic nitrogens is 3. The molecular formula is C17H18N6O. The maximum absolute atomic E-state index is 12.2. The first-order valence-corrected chi connectivity index (χ1v) is 7.78. The van der Waals surface area contributed by atoms with Crippen LogP contribution >= 0.6 is 0 Å². The molecule has 2 aromatic rings. The summed E-state index contributed by atoms with van der Waals surface area (Å²) >= 11 is 0. The van der Waals surface area contributed by atoms with Gasteiger partial charge in [0.15, 0.2) is 11.4 Å². The van der Waals surface area contributed by atoms with E-state index < -0.39 is 5.66 Å². The normalized spacial score (nSPS) is 14.2. The van der Waals surface area contributed by atoms with Gasteiger partial charge in [-0.15, -0.1) is 17.4 Å². The van der Waals surface area contributed by atoms with E-state index in [2.05, 4.69) is 31.8 Å². The maximum atomic E-state index is 12.2. The molecule has 0 atom stereocenters. The Kier molecular flexibility index (Phi) is 4.38. The number of terminal acetylenes is 1. The average Bonchev–Trinajstić information content (AvgIpc) is 3.17. The van der Waals surface area contributed by atoms with Crippen LogP contribution in [0.5, 0.6) is 0 Å². The molecule has 24 heavy (non-hydrogen) atoms. The van der Waals surface area contributed by atoms with Crippen molar-refractivity contribution in [2.75, 3.05) is 6.54 Å². The lowest BCUT2D eigenvalue weighted by atomic mass is 10.0. The third-order valence-corrected chi connectivity index (χ3v) is 3.95. The molecule has 0 bridgehead atoms. The van der Waals surface area contributed by atoms with Gasteiger partial charge in [0, 0.05) is 25.8 Å². The van der Waals surface area contributed by atoms with E-state index in [-0.39, 0.29) is 11.6 Å². The van der Waals surface area contributed by atoms with Gasteiger partial charge in [0.1, 0.15) is 0 Å². The van der Waals surface area contributed by atoms with E-state index in [0.717, 1.165) is 17.7 Å². The second kappa shape index (κ2) is 6.62. The van der Waals surface area contributed by atoms with Crippen molar-refractivity contribution in [1.29, 1.82) is 0 Å². The van der Waals surface area contributed by atoms with Crippen molar-refractivity contribution in [1.82, 2.24) is 20.3 Å². The Hall–Kier alpha value is -3.01. The molecule has 0 unspecified atom stereocenters. The molecular weight excluding hydrogens is 304 g/mol. The summed E-state index contributed by atoms with van der Waals surface area (Å²) in [6, 6.07) is 7.78. The minimum absolute atomic E-state index is 0.261. The minimum atomic E-state index is -0.390. The van der Waals surface area contributed by atoms with Crippen LogP contribution in [-0.4, -0.2) is 33.1 Å². The Labute approximate surface area is 140 Å². The van der Waals surface area contributed by atoms with Gasteiger partial charge in [0.2, 0.25) is 0 Å². The van der Waals surface area contributed by atoms with Gasteiger partial charge in [-0.2, -0.15) is 10.2 Å². The molecule has 1 aliphatic rings. The molecule has 122 valence electrons. The van der Waals surface area contributed by atoms with Crippen molar-refractivity contribution in [2.24, 2.45) is 10.2 Å². The van der Waals surface area contributed by atoms with Gasteiger partial charge >= 0.3 is 0 Å². The first kappa shape index (κ1) is 15.9. The summed E-state index contributed by atoms with van der Waals surface area (Å²) in [5, 5.41) is 18.9. The standard InChI is InChI=1S/C17H18N6O/c1-3-4-9-17(20-21-17)10-11-18-16(24)14-12-23(22-19-14)15-8-6-5-7-13(15)2/h1,5-8,12H,4,9-11H2,2H3,(H,18,24). The fourth-order valence-electron chi connectivity index (χ4n) is 2.44. The second-order valence-electron chi connectivity index (χ2n) is 5.73. The quantitative estimate of drug-likeness (QED) is 0.794. The van der Waals surface area contributed by atoms with E-state index in [9.17, 15) is 4.79 Å². The maximum Gasteiger partial charge on any atom is 0.273 e. The SMILES string of the molecule is C#CCCC1(CCNC(=O)c2cn(-c3ccccc3C)nn2)N=N1. The van der Waals surface area contributed by atoms with E-state index in [1.807, 2.05) is 31.2 Å². The lowest BCUT2D eigenvalue weighted by Gasteiger charge is -2.08. The van der Waals surface area contributed by atoms with E-state index in [1.165, 1.54) is 0 Å². The molecule has 0 spiro atoms. The van der Waals surface area contributed by atoms with Crippen molar-refractivity contribution in [3.63, 3.8) is 0 Å². The zero-order valence-electron chi connectivity index (χ0n) is 13.4. The number of carbonyl (C=O) groups is 1. The Morgan fingerprint density at radius 1 is 1.33 bits per heavy atom. The monoisotopic (exact) mass is 322 g/mol. The van der Waals surface area contributed by atoms with Gasteiger partial charge in [-0.3, -0.25) is 4.79 Å². The predicted octanol–water partition coefficient (Wildman–Crippen LogP) is 2.27. The number of nitrogens with zero attached hydrogens (tertiary/aromatic N) is 5. The third kappa shape index (κ3) is 3.49. The molecule has 7 heteroatoms. The molecule has 1 aromatic heterocycles. The van der Waals surface area contributed by atoms with Crippen molar-refractivity contribution < 1.29 is 4.79 Å². The predicted molar refractivity (Wildman–Crippen MR) is 88.7 cm³/mol. The molecule has 2 heterocycles. The first-order chi connectivity index (χ1) is 11.6. The summed E-state index contributed by atoms with van der Waals surface area (Å²) in [6.07, 6.45) is 8.88. The van der Waals surface area contributed by atoms with Crippen LogP contribution in [0.15, 0.2) is 40.7 Å². The highest BCUT2D eigenvalue weighted by Crippen LogP contribution is 2.36. The fourth-order valence-corrected chi connectivity index (χ4v) is 2.44.